The third-order valence-corrected chi connectivity index (χ3v) is 5.20. The van der Waals surface area contributed by atoms with Crippen LogP contribution in [0.3, 0.4) is 0 Å². The topological polar surface area (TPSA) is 64.8 Å². The maximum atomic E-state index is 12.7. The number of likely N-dealkylation sites (tertiary alicyclic amines) is 1. The molecular formula is C19H24N2O4S. The molecule has 2 aromatic rings. The van der Waals surface area contributed by atoms with Gasteiger partial charge in [0.2, 0.25) is 0 Å². The summed E-state index contributed by atoms with van der Waals surface area (Å²) in [5.41, 5.74) is 0.333. The van der Waals surface area contributed by atoms with Gasteiger partial charge < -0.3 is 18.9 Å². The van der Waals surface area contributed by atoms with Gasteiger partial charge in [-0.05, 0) is 37.1 Å². The number of methoxy groups -OCH3 is 1. The average molecular weight is 376 g/mol. The molecule has 0 spiro atoms. The molecule has 3 rings (SSSR count). The van der Waals surface area contributed by atoms with Crippen molar-refractivity contribution in [3.05, 3.63) is 41.8 Å². The van der Waals surface area contributed by atoms with Crippen LogP contribution in [0.1, 0.15) is 29.1 Å². The van der Waals surface area contributed by atoms with Gasteiger partial charge in [0.25, 0.3) is 5.91 Å². The highest BCUT2D eigenvalue weighted by Gasteiger charge is 2.26. The third kappa shape index (κ3) is 4.59. The first-order valence-electron chi connectivity index (χ1n) is 8.71. The van der Waals surface area contributed by atoms with Crippen molar-refractivity contribution in [1.29, 1.82) is 0 Å². The Morgan fingerprint density at radius 1 is 1.42 bits per heavy atom. The Balaban J connectivity index is 1.59. The smallest absolute Gasteiger partial charge is 0.276 e. The highest BCUT2D eigenvalue weighted by Crippen LogP contribution is 2.27. The number of rotatable bonds is 7. The molecule has 1 amide bonds. The SMILES string of the molecule is COCC1CCCN(C(=O)c2cc(COc3ccccc3SC)on2)C1. The average Bonchev–Trinajstić information content (AvgIpc) is 3.15. The van der Waals surface area contributed by atoms with E-state index in [-0.39, 0.29) is 12.5 Å². The predicted molar refractivity (Wildman–Crippen MR) is 99.6 cm³/mol. The minimum absolute atomic E-state index is 0.0923. The molecule has 1 aliphatic heterocycles. The van der Waals surface area contributed by atoms with E-state index in [0.29, 0.717) is 30.5 Å². The Labute approximate surface area is 157 Å². The summed E-state index contributed by atoms with van der Waals surface area (Å²) in [7, 11) is 1.69. The minimum Gasteiger partial charge on any atom is -0.484 e. The highest BCUT2D eigenvalue weighted by atomic mass is 32.2. The zero-order chi connectivity index (χ0) is 18.4. The van der Waals surface area contributed by atoms with Gasteiger partial charge in [-0.15, -0.1) is 11.8 Å². The summed E-state index contributed by atoms with van der Waals surface area (Å²) in [5.74, 6) is 1.62. The van der Waals surface area contributed by atoms with Gasteiger partial charge in [0.05, 0.1) is 6.61 Å². The molecule has 0 saturated carbocycles. The number of carbonyl (C=O) groups excluding carboxylic acids is 1. The van der Waals surface area contributed by atoms with E-state index in [2.05, 4.69) is 5.16 Å². The molecule has 140 valence electrons. The highest BCUT2D eigenvalue weighted by molar-refractivity contribution is 7.98. The van der Waals surface area contributed by atoms with Crippen LogP contribution in [0.4, 0.5) is 0 Å². The van der Waals surface area contributed by atoms with Gasteiger partial charge in [-0.1, -0.05) is 17.3 Å². The number of piperidine rings is 1. The fourth-order valence-corrected chi connectivity index (χ4v) is 3.69. The lowest BCUT2D eigenvalue weighted by atomic mass is 9.99. The van der Waals surface area contributed by atoms with Gasteiger partial charge in [0.1, 0.15) is 12.4 Å². The fraction of sp³-hybridized carbons (Fsp3) is 0.474. The largest absolute Gasteiger partial charge is 0.484 e. The van der Waals surface area contributed by atoms with Crippen LogP contribution in [0.15, 0.2) is 39.8 Å². The molecule has 1 aromatic heterocycles. The van der Waals surface area contributed by atoms with E-state index in [0.717, 1.165) is 30.0 Å². The van der Waals surface area contributed by atoms with Crippen LogP contribution < -0.4 is 4.74 Å². The summed E-state index contributed by atoms with van der Waals surface area (Å²) in [6.45, 7) is 2.37. The summed E-state index contributed by atoms with van der Waals surface area (Å²) >= 11 is 1.62. The first kappa shape index (κ1) is 18.8. The number of benzene rings is 1. The zero-order valence-corrected chi connectivity index (χ0v) is 16.0. The second-order valence-corrected chi connectivity index (χ2v) is 7.18. The number of aromatic nitrogens is 1. The van der Waals surface area contributed by atoms with E-state index < -0.39 is 0 Å². The molecule has 2 heterocycles. The van der Waals surface area contributed by atoms with Crippen molar-refractivity contribution in [2.45, 2.75) is 24.3 Å². The predicted octanol–water partition coefficient (Wildman–Crippen LogP) is 3.47. The van der Waals surface area contributed by atoms with Gasteiger partial charge in [-0.25, -0.2) is 0 Å². The third-order valence-electron chi connectivity index (χ3n) is 4.43. The minimum atomic E-state index is -0.0923. The Morgan fingerprint density at radius 2 is 2.27 bits per heavy atom. The van der Waals surface area contributed by atoms with E-state index >= 15 is 0 Å². The van der Waals surface area contributed by atoms with E-state index in [1.165, 1.54) is 0 Å². The van der Waals surface area contributed by atoms with Crippen molar-refractivity contribution in [1.82, 2.24) is 10.1 Å². The Morgan fingerprint density at radius 3 is 3.08 bits per heavy atom. The van der Waals surface area contributed by atoms with Crippen molar-refractivity contribution < 1.29 is 18.8 Å². The number of amides is 1. The van der Waals surface area contributed by atoms with Crippen molar-refractivity contribution in [3.63, 3.8) is 0 Å². The second kappa shape index (κ2) is 9.09. The molecule has 0 N–H and O–H groups in total. The number of carbonyl (C=O) groups is 1. The quantitative estimate of drug-likeness (QED) is 0.690. The number of hydrogen-bond acceptors (Lipinski definition) is 6. The van der Waals surface area contributed by atoms with Gasteiger partial charge >= 0.3 is 0 Å². The van der Waals surface area contributed by atoms with E-state index in [9.17, 15) is 4.79 Å². The molecule has 1 unspecified atom stereocenters. The molecular weight excluding hydrogens is 352 g/mol. The number of ether oxygens (including phenoxy) is 2. The molecule has 6 nitrogen and oxygen atoms in total. The molecule has 1 aromatic carbocycles. The van der Waals surface area contributed by atoms with Crippen molar-refractivity contribution in [2.75, 3.05) is 33.1 Å². The lowest BCUT2D eigenvalue weighted by molar-refractivity contribution is 0.0561. The summed E-state index contributed by atoms with van der Waals surface area (Å²) in [5, 5.41) is 3.93. The van der Waals surface area contributed by atoms with Crippen LogP contribution in [0.5, 0.6) is 5.75 Å². The van der Waals surface area contributed by atoms with Crippen molar-refractivity contribution in [3.8, 4) is 5.75 Å². The molecule has 1 aliphatic rings. The number of para-hydroxylation sites is 1. The lowest BCUT2D eigenvalue weighted by Gasteiger charge is -2.31. The van der Waals surface area contributed by atoms with E-state index in [1.54, 1.807) is 24.9 Å². The molecule has 0 aliphatic carbocycles. The van der Waals surface area contributed by atoms with Crippen molar-refractivity contribution in [2.24, 2.45) is 5.92 Å². The van der Waals surface area contributed by atoms with Gasteiger partial charge in [0.15, 0.2) is 11.5 Å². The van der Waals surface area contributed by atoms with E-state index in [4.69, 9.17) is 14.0 Å². The maximum absolute atomic E-state index is 12.7. The first-order valence-corrected chi connectivity index (χ1v) is 9.93. The summed E-state index contributed by atoms with van der Waals surface area (Å²) in [6.07, 6.45) is 4.08. The van der Waals surface area contributed by atoms with Gasteiger partial charge in [-0.2, -0.15) is 0 Å². The van der Waals surface area contributed by atoms with Crippen LogP contribution in [-0.4, -0.2) is 49.0 Å². The summed E-state index contributed by atoms with van der Waals surface area (Å²) in [6, 6.07) is 9.49. The Kier molecular flexibility index (Phi) is 6.57. The van der Waals surface area contributed by atoms with Crippen LogP contribution in [-0.2, 0) is 11.3 Å². The van der Waals surface area contributed by atoms with Crippen LogP contribution >= 0.6 is 11.8 Å². The summed E-state index contributed by atoms with van der Waals surface area (Å²) in [4.78, 5) is 15.5. The molecule has 26 heavy (non-hydrogen) atoms. The fourth-order valence-electron chi connectivity index (χ4n) is 3.15. The molecule has 1 saturated heterocycles. The number of hydrogen-bond donors (Lipinski definition) is 0. The van der Waals surface area contributed by atoms with Gasteiger partial charge in [-0.3, -0.25) is 4.79 Å². The van der Waals surface area contributed by atoms with Crippen LogP contribution in [0.2, 0.25) is 0 Å². The monoisotopic (exact) mass is 376 g/mol. The molecule has 1 fully saturated rings. The Bertz CT molecular complexity index is 732. The molecule has 1 atom stereocenters. The first-order chi connectivity index (χ1) is 12.7. The van der Waals surface area contributed by atoms with Crippen LogP contribution in [0, 0.1) is 5.92 Å². The van der Waals surface area contributed by atoms with Gasteiger partial charge in [0, 0.05) is 31.2 Å². The van der Waals surface area contributed by atoms with E-state index in [1.807, 2.05) is 35.4 Å². The standard InChI is InChI=1S/C19H24N2O4S/c1-23-12-14-6-5-9-21(11-14)19(22)16-10-15(25-20-16)13-24-17-7-3-4-8-18(17)26-2/h3-4,7-8,10,14H,5-6,9,11-13H2,1-2H3. The van der Waals surface area contributed by atoms with Crippen LogP contribution in [0.25, 0.3) is 0 Å². The summed E-state index contributed by atoms with van der Waals surface area (Å²) < 4.78 is 16.3. The Hall–Kier alpha value is -1.99. The number of nitrogens with zero attached hydrogens (tertiary/aromatic N) is 2. The molecule has 7 heteroatoms. The normalized spacial score (nSPS) is 17.3. The molecule has 0 bridgehead atoms. The maximum Gasteiger partial charge on any atom is 0.276 e. The zero-order valence-electron chi connectivity index (χ0n) is 15.1. The molecule has 0 radical (unpaired) electrons. The lowest BCUT2D eigenvalue weighted by Crippen LogP contribution is -2.41. The second-order valence-electron chi connectivity index (χ2n) is 6.33. The number of thioether (sulfide) groups is 1. The van der Waals surface area contributed by atoms with Crippen molar-refractivity contribution >= 4 is 17.7 Å².